The number of ether oxygens (including phenoxy) is 2. The van der Waals surface area contributed by atoms with E-state index in [1.54, 1.807) is 6.92 Å². The van der Waals surface area contributed by atoms with Gasteiger partial charge in [-0.25, -0.2) is 0 Å². The minimum atomic E-state index is -0.581. The third-order valence-electron chi connectivity index (χ3n) is 3.29. The van der Waals surface area contributed by atoms with Crippen molar-refractivity contribution in [2.24, 2.45) is 0 Å². The molecule has 23 heavy (non-hydrogen) atoms. The van der Waals surface area contributed by atoms with Crippen LogP contribution in [-0.4, -0.2) is 18.6 Å². The highest BCUT2D eigenvalue weighted by atomic mass is 16.5. The van der Waals surface area contributed by atoms with Crippen molar-refractivity contribution in [3.8, 4) is 11.5 Å². The van der Waals surface area contributed by atoms with Gasteiger partial charge in [-0.3, -0.25) is 4.79 Å². The van der Waals surface area contributed by atoms with Crippen LogP contribution in [0.5, 0.6) is 11.5 Å². The van der Waals surface area contributed by atoms with Crippen LogP contribution in [0.25, 0.3) is 0 Å². The number of para-hydroxylation sites is 1. The zero-order valence-electron chi connectivity index (χ0n) is 13.6. The Bertz CT molecular complexity index is 613. The SMILES string of the molecule is CCCCOc1cccc(NC(=O)C(C)Oc2ccccc2)c1. The number of benzene rings is 2. The number of unbranched alkanes of at least 4 members (excludes halogenated alkanes) is 1. The van der Waals surface area contributed by atoms with Crippen LogP contribution in [0.2, 0.25) is 0 Å². The molecule has 0 aromatic heterocycles. The highest BCUT2D eigenvalue weighted by Crippen LogP contribution is 2.18. The summed E-state index contributed by atoms with van der Waals surface area (Å²) in [6, 6.07) is 16.7. The summed E-state index contributed by atoms with van der Waals surface area (Å²) >= 11 is 0. The number of amides is 1. The third kappa shape index (κ3) is 5.66. The molecule has 1 amide bonds. The summed E-state index contributed by atoms with van der Waals surface area (Å²) in [6.07, 6.45) is 1.52. The van der Waals surface area contributed by atoms with Crippen molar-refractivity contribution in [1.82, 2.24) is 0 Å². The van der Waals surface area contributed by atoms with Crippen molar-refractivity contribution < 1.29 is 14.3 Å². The van der Waals surface area contributed by atoms with Gasteiger partial charge >= 0.3 is 0 Å². The summed E-state index contributed by atoms with van der Waals surface area (Å²) in [5.74, 6) is 1.24. The van der Waals surface area contributed by atoms with Gasteiger partial charge in [0.25, 0.3) is 5.91 Å². The highest BCUT2D eigenvalue weighted by Gasteiger charge is 2.14. The van der Waals surface area contributed by atoms with Gasteiger partial charge in [-0.2, -0.15) is 0 Å². The van der Waals surface area contributed by atoms with Gasteiger partial charge < -0.3 is 14.8 Å². The Labute approximate surface area is 137 Å². The Morgan fingerprint density at radius 2 is 1.83 bits per heavy atom. The molecule has 2 aromatic rings. The van der Waals surface area contributed by atoms with Crippen LogP contribution >= 0.6 is 0 Å². The first-order valence-electron chi connectivity index (χ1n) is 7.94. The molecule has 0 radical (unpaired) electrons. The van der Waals surface area contributed by atoms with Crippen molar-refractivity contribution in [1.29, 1.82) is 0 Å². The fourth-order valence-electron chi connectivity index (χ4n) is 2.00. The molecule has 1 unspecified atom stereocenters. The molecule has 1 atom stereocenters. The normalized spacial score (nSPS) is 11.6. The summed E-state index contributed by atoms with van der Waals surface area (Å²) in [6.45, 7) is 4.53. The zero-order valence-corrected chi connectivity index (χ0v) is 13.6. The monoisotopic (exact) mass is 313 g/mol. The van der Waals surface area contributed by atoms with Gasteiger partial charge in [0, 0.05) is 11.8 Å². The number of anilines is 1. The topological polar surface area (TPSA) is 47.6 Å². The molecule has 1 N–H and O–H groups in total. The minimum Gasteiger partial charge on any atom is -0.494 e. The molecule has 2 rings (SSSR count). The average Bonchev–Trinajstić information content (AvgIpc) is 2.56. The van der Waals surface area contributed by atoms with E-state index in [0.29, 0.717) is 18.0 Å². The number of nitrogens with one attached hydrogen (secondary N) is 1. The van der Waals surface area contributed by atoms with E-state index >= 15 is 0 Å². The van der Waals surface area contributed by atoms with Crippen LogP contribution in [-0.2, 0) is 4.79 Å². The van der Waals surface area contributed by atoms with E-state index in [2.05, 4.69) is 12.2 Å². The molecule has 0 bridgehead atoms. The number of hydrogen-bond acceptors (Lipinski definition) is 3. The molecular weight excluding hydrogens is 290 g/mol. The molecule has 2 aromatic carbocycles. The van der Waals surface area contributed by atoms with E-state index in [1.165, 1.54) is 0 Å². The Balaban J connectivity index is 1.90. The van der Waals surface area contributed by atoms with Gasteiger partial charge in [0.05, 0.1) is 6.61 Å². The molecule has 0 aliphatic carbocycles. The van der Waals surface area contributed by atoms with E-state index in [-0.39, 0.29) is 5.91 Å². The van der Waals surface area contributed by atoms with Crippen LogP contribution in [0.3, 0.4) is 0 Å². The van der Waals surface area contributed by atoms with Crippen molar-refractivity contribution in [3.63, 3.8) is 0 Å². The number of rotatable bonds is 8. The van der Waals surface area contributed by atoms with Gasteiger partial charge in [0.1, 0.15) is 11.5 Å². The predicted molar refractivity (Wildman–Crippen MR) is 92.0 cm³/mol. The molecular formula is C19H23NO3. The highest BCUT2D eigenvalue weighted by molar-refractivity contribution is 5.94. The Morgan fingerprint density at radius 1 is 1.09 bits per heavy atom. The molecule has 0 fully saturated rings. The largest absolute Gasteiger partial charge is 0.494 e. The van der Waals surface area contributed by atoms with E-state index in [0.717, 1.165) is 18.6 Å². The van der Waals surface area contributed by atoms with Gasteiger partial charge in [-0.15, -0.1) is 0 Å². The molecule has 0 saturated carbocycles. The maximum absolute atomic E-state index is 12.2. The van der Waals surface area contributed by atoms with Gasteiger partial charge in [-0.1, -0.05) is 37.6 Å². The lowest BCUT2D eigenvalue weighted by Gasteiger charge is -2.15. The Kier molecular flexibility index (Phi) is 6.48. The fraction of sp³-hybridized carbons (Fsp3) is 0.316. The lowest BCUT2D eigenvalue weighted by molar-refractivity contribution is -0.122. The van der Waals surface area contributed by atoms with Crippen molar-refractivity contribution in [2.75, 3.05) is 11.9 Å². The van der Waals surface area contributed by atoms with Gasteiger partial charge in [0.15, 0.2) is 6.10 Å². The van der Waals surface area contributed by atoms with Gasteiger partial charge in [0.2, 0.25) is 0 Å². The smallest absolute Gasteiger partial charge is 0.265 e. The molecule has 0 spiro atoms. The van der Waals surface area contributed by atoms with Crippen molar-refractivity contribution in [2.45, 2.75) is 32.8 Å². The van der Waals surface area contributed by atoms with E-state index in [9.17, 15) is 4.79 Å². The molecule has 0 aliphatic heterocycles. The van der Waals surface area contributed by atoms with E-state index in [4.69, 9.17) is 9.47 Å². The minimum absolute atomic E-state index is 0.195. The average molecular weight is 313 g/mol. The van der Waals surface area contributed by atoms with Crippen LogP contribution in [0, 0.1) is 0 Å². The molecule has 0 heterocycles. The summed E-state index contributed by atoms with van der Waals surface area (Å²) < 4.78 is 11.3. The van der Waals surface area contributed by atoms with Crippen LogP contribution in [0.1, 0.15) is 26.7 Å². The molecule has 4 heteroatoms. The molecule has 4 nitrogen and oxygen atoms in total. The Morgan fingerprint density at radius 3 is 2.57 bits per heavy atom. The summed E-state index contributed by atoms with van der Waals surface area (Å²) in [4.78, 5) is 12.2. The van der Waals surface area contributed by atoms with Crippen molar-refractivity contribution in [3.05, 3.63) is 54.6 Å². The molecule has 0 saturated heterocycles. The first kappa shape index (κ1) is 16.9. The van der Waals surface area contributed by atoms with Crippen LogP contribution < -0.4 is 14.8 Å². The standard InChI is InChI=1S/C19H23NO3/c1-3-4-13-22-18-12-8-9-16(14-18)20-19(21)15(2)23-17-10-6-5-7-11-17/h5-12,14-15H,3-4,13H2,1-2H3,(H,20,21). The number of carbonyl (C=O) groups excluding carboxylic acids is 1. The van der Waals surface area contributed by atoms with Gasteiger partial charge in [-0.05, 0) is 37.6 Å². The van der Waals surface area contributed by atoms with E-state index < -0.39 is 6.10 Å². The first-order chi connectivity index (χ1) is 11.2. The quantitative estimate of drug-likeness (QED) is 0.740. The first-order valence-corrected chi connectivity index (χ1v) is 7.94. The maximum atomic E-state index is 12.2. The lowest BCUT2D eigenvalue weighted by atomic mass is 10.2. The van der Waals surface area contributed by atoms with Crippen molar-refractivity contribution >= 4 is 11.6 Å². The number of hydrogen-bond donors (Lipinski definition) is 1. The molecule has 122 valence electrons. The third-order valence-corrected chi connectivity index (χ3v) is 3.29. The second-order valence-corrected chi connectivity index (χ2v) is 5.29. The Hall–Kier alpha value is -2.49. The summed E-state index contributed by atoms with van der Waals surface area (Å²) in [5.41, 5.74) is 0.701. The maximum Gasteiger partial charge on any atom is 0.265 e. The molecule has 0 aliphatic rings. The second-order valence-electron chi connectivity index (χ2n) is 5.29. The van der Waals surface area contributed by atoms with E-state index in [1.807, 2.05) is 54.6 Å². The number of carbonyl (C=O) groups is 1. The summed E-state index contributed by atoms with van der Waals surface area (Å²) in [5, 5.41) is 2.85. The predicted octanol–water partition coefficient (Wildman–Crippen LogP) is 4.27. The lowest BCUT2D eigenvalue weighted by Crippen LogP contribution is -2.30. The van der Waals surface area contributed by atoms with Crippen LogP contribution in [0.4, 0.5) is 5.69 Å². The van der Waals surface area contributed by atoms with Crippen LogP contribution in [0.15, 0.2) is 54.6 Å². The second kappa shape index (κ2) is 8.83. The summed E-state index contributed by atoms with van der Waals surface area (Å²) in [7, 11) is 0. The zero-order chi connectivity index (χ0) is 16.5. The fourth-order valence-corrected chi connectivity index (χ4v) is 2.00.